The number of halogens is 2. The third-order valence-electron chi connectivity index (χ3n) is 5.99. The Morgan fingerprint density at radius 1 is 1.00 bits per heavy atom. The summed E-state index contributed by atoms with van der Waals surface area (Å²) in [6.45, 7) is 3.80. The molecule has 0 radical (unpaired) electrons. The Labute approximate surface area is 201 Å². The van der Waals surface area contributed by atoms with E-state index in [2.05, 4.69) is 23.5 Å². The van der Waals surface area contributed by atoms with Gasteiger partial charge in [0.25, 0.3) is 0 Å². The molecule has 32 heavy (non-hydrogen) atoms. The Balaban J connectivity index is 1.89. The largest absolute Gasteiger partial charge is 0.347 e. The number of anilines is 1. The van der Waals surface area contributed by atoms with Gasteiger partial charge in [0.05, 0.1) is 28.0 Å². The van der Waals surface area contributed by atoms with Crippen LogP contribution in [0.25, 0.3) is 0 Å². The molecule has 0 aromatic heterocycles. The van der Waals surface area contributed by atoms with Gasteiger partial charge < -0.3 is 5.32 Å². The second kappa shape index (κ2) is 10.4. The quantitative estimate of drug-likeness (QED) is 0.510. The van der Waals surface area contributed by atoms with Crippen LogP contribution in [0.1, 0.15) is 62.3 Å². The average Bonchev–Trinajstić information content (AvgIpc) is 2.76. The van der Waals surface area contributed by atoms with E-state index in [1.54, 1.807) is 13.0 Å². The Kier molecular flexibility index (Phi) is 8.12. The summed E-state index contributed by atoms with van der Waals surface area (Å²) in [7, 11) is -3.75. The monoisotopic (exact) mass is 496 g/mol. The Morgan fingerprint density at radius 2 is 1.69 bits per heavy atom. The molecule has 2 aromatic carbocycles. The van der Waals surface area contributed by atoms with E-state index >= 15 is 0 Å². The number of sulfonamides is 1. The summed E-state index contributed by atoms with van der Waals surface area (Å²) in [5, 5.41) is 3.63. The number of hydrogen-bond acceptors (Lipinski definition) is 3. The molecule has 0 unspecified atom stereocenters. The van der Waals surface area contributed by atoms with Crippen LogP contribution in [-0.4, -0.2) is 26.6 Å². The standard InChI is InChI=1S/C24H30Cl2N2O3S/c1-4-22(18-11-10-16-8-6-7-9-17(16)14-18)27-24(29)23(5-2)28(32(3,30)31)19-12-13-20(25)21(26)15-19/h10-15,22-23H,4-9H2,1-3H3,(H,27,29)/t22-,23-/m0/s1. The Bertz CT molecular complexity index is 1090. The molecule has 2 atom stereocenters. The fraction of sp³-hybridized carbons (Fsp3) is 0.458. The van der Waals surface area contributed by atoms with Crippen molar-refractivity contribution < 1.29 is 13.2 Å². The maximum absolute atomic E-state index is 13.3. The highest BCUT2D eigenvalue weighted by atomic mass is 35.5. The second-order valence-electron chi connectivity index (χ2n) is 8.29. The van der Waals surface area contributed by atoms with E-state index in [-0.39, 0.29) is 17.0 Å². The number of fused-ring (bicyclic) bond motifs is 1. The lowest BCUT2D eigenvalue weighted by atomic mass is 9.88. The first-order chi connectivity index (χ1) is 15.2. The summed E-state index contributed by atoms with van der Waals surface area (Å²) >= 11 is 12.1. The van der Waals surface area contributed by atoms with E-state index in [1.807, 2.05) is 6.92 Å². The van der Waals surface area contributed by atoms with Crippen LogP contribution in [0.15, 0.2) is 36.4 Å². The van der Waals surface area contributed by atoms with Gasteiger partial charge >= 0.3 is 0 Å². The van der Waals surface area contributed by atoms with Crippen LogP contribution in [0.4, 0.5) is 5.69 Å². The lowest BCUT2D eigenvalue weighted by Gasteiger charge is -2.32. The van der Waals surface area contributed by atoms with Crippen LogP contribution in [-0.2, 0) is 27.7 Å². The van der Waals surface area contributed by atoms with Gasteiger partial charge in [-0.1, -0.05) is 55.2 Å². The predicted molar refractivity (Wildman–Crippen MR) is 132 cm³/mol. The van der Waals surface area contributed by atoms with Gasteiger partial charge in [-0.05, 0) is 73.4 Å². The molecule has 2 aromatic rings. The van der Waals surface area contributed by atoms with Crippen molar-refractivity contribution in [3.63, 3.8) is 0 Å². The van der Waals surface area contributed by atoms with E-state index in [1.165, 1.54) is 36.1 Å². The van der Waals surface area contributed by atoms with Gasteiger partial charge in [-0.3, -0.25) is 9.10 Å². The lowest BCUT2D eigenvalue weighted by molar-refractivity contribution is -0.123. The molecule has 0 aliphatic heterocycles. The van der Waals surface area contributed by atoms with Crippen LogP contribution >= 0.6 is 23.2 Å². The maximum Gasteiger partial charge on any atom is 0.244 e. The second-order valence-corrected chi connectivity index (χ2v) is 11.0. The fourth-order valence-corrected chi connectivity index (χ4v) is 5.84. The molecule has 0 spiro atoms. The number of rotatable bonds is 8. The van der Waals surface area contributed by atoms with Crippen molar-refractivity contribution in [1.82, 2.24) is 5.32 Å². The number of nitrogens with zero attached hydrogens (tertiary/aromatic N) is 1. The molecule has 3 rings (SSSR count). The van der Waals surface area contributed by atoms with E-state index in [9.17, 15) is 13.2 Å². The highest BCUT2D eigenvalue weighted by Crippen LogP contribution is 2.31. The molecule has 1 aliphatic rings. The fourth-order valence-electron chi connectivity index (χ4n) is 4.34. The first kappa shape index (κ1) is 24.9. The van der Waals surface area contributed by atoms with Crippen molar-refractivity contribution in [2.24, 2.45) is 0 Å². The summed E-state index contributed by atoms with van der Waals surface area (Å²) in [6, 6.07) is 9.89. The van der Waals surface area contributed by atoms with Crippen LogP contribution in [0.2, 0.25) is 10.0 Å². The number of aryl methyl sites for hydroxylation is 2. The minimum absolute atomic E-state index is 0.195. The molecule has 0 heterocycles. The van der Waals surface area contributed by atoms with Crippen molar-refractivity contribution in [2.75, 3.05) is 10.6 Å². The van der Waals surface area contributed by atoms with Gasteiger partial charge in [-0.15, -0.1) is 0 Å². The zero-order valence-electron chi connectivity index (χ0n) is 18.7. The third kappa shape index (κ3) is 5.59. The Morgan fingerprint density at radius 3 is 2.28 bits per heavy atom. The topological polar surface area (TPSA) is 66.5 Å². The highest BCUT2D eigenvalue weighted by molar-refractivity contribution is 7.92. The molecule has 5 nitrogen and oxygen atoms in total. The number of amides is 1. The molecule has 0 bridgehead atoms. The first-order valence-electron chi connectivity index (χ1n) is 11.0. The van der Waals surface area contributed by atoms with E-state index in [4.69, 9.17) is 23.2 Å². The van der Waals surface area contributed by atoms with E-state index in [0.717, 1.165) is 29.0 Å². The van der Waals surface area contributed by atoms with E-state index < -0.39 is 16.1 Å². The minimum Gasteiger partial charge on any atom is -0.347 e. The normalized spacial score (nSPS) is 15.5. The van der Waals surface area contributed by atoms with Gasteiger partial charge in [0.15, 0.2) is 0 Å². The smallest absolute Gasteiger partial charge is 0.244 e. The van der Waals surface area contributed by atoms with Crippen molar-refractivity contribution >= 4 is 44.8 Å². The molecule has 8 heteroatoms. The SMILES string of the molecule is CC[C@H](NC(=O)[C@H](CC)N(c1ccc(Cl)c(Cl)c1)S(C)(=O)=O)c1ccc2c(c1)CCCC2. The number of carbonyl (C=O) groups is 1. The molecule has 0 saturated heterocycles. The number of carbonyl (C=O) groups excluding carboxylic acids is 1. The number of nitrogens with one attached hydrogen (secondary N) is 1. The van der Waals surface area contributed by atoms with Crippen LogP contribution in [0.5, 0.6) is 0 Å². The van der Waals surface area contributed by atoms with Gasteiger partial charge in [0.1, 0.15) is 6.04 Å². The van der Waals surface area contributed by atoms with Gasteiger partial charge in [0, 0.05) is 0 Å². The zero-order chi connectivity index (χ0) is 23.5. The zero-order valence-corrected chi connectivity index (χ0v) is 21.0. The molecule has 0 saturated carbocycles. The van der Waals surface area contributed by atoms with Crippen LogP contribution < -0.4 is 9.62 Å². The number of benzene rings is 2. The van der Waals surface area contributed by atoms with Crippen LogP contribution in [0.3, 0.4) is 0 Å². The summed E-state index contributed by atoms with van der Waals surface area (Å²) in [5.41, 5.74) is 4.10. The summed E-state index contributed by atoms with van der Waals surface area (Å²) in [5.74, 6) is -0.339. The summed E-state index contributed by atoms with van der Waals surface area (Å²) in [4.78, 5) is 13.3. The predicted octanol–water partition coefficient (Wildman–Crippen LogP) is 5.68. The van der Waals surface area contributed by atoms with Gasteiger partial charge in [-0.25, -0.2) is 8.42 Å². The first-order valence-corrected chi connectivity index (χ1v) is 13.6. The Hall–Kier alpha value is -1.76. The molecular weight excluding hydrogens is 467 g/mol. The molecule has 1 N–H and O–H groups in total. The van der Waals surface area contributed by atoms with Crippen LogP contribution in [0, 0.1) is 0 Å². The molecular formula is C24H30Cl2N2O3S. The lowest BCUT2D eigenvalue weighted by Crippen LogP contribution is -2.50. The summed E-state index contributed by atoms with van der Waals surface area (Å²) in [6.07, 6.45) is 6.66. The van der Waals surface area contributed by atoms with Crippen molar-refractivity contribution in [2.45, 2.75) is 64.5 Å². The molecule has 1 aliphatic carbocycles. The van der Waals surface area contributed by atoms with E-state index in [0.29, 0.717) is 23.6 Å². The molecule has 174 valence electrons. The molecule has 0 fully saturated rings. The van der Waals surface area contributed by atoms with Crippen molar-refractivity contribution in [1.29, 1.82) is 0 Å². The number of hydrogen-bond donors (Lipinski definition) is 1. The van der Waals surface area contributed by atoms with Crippen molar-refractivity contribution in [3.05, 3.63) is 63.1 Å². The van der Waals surface area contributed by atoms with Gasteiger partial charge in [-0.2, -0.15) is 0 Å². The summed E-state index contributed by atoms with van der Waals surface area (Å²) < 4.78 is 26.5. The van der Waals surface area contributed by atoms with Gasteiger partial charge in [0.2, 0.25) is 15.9 Å². The molecule has 1 amide bonds. The average molecular weight is 497 g/mol. The van der Waals surface area contributed by atoms with Crippen molar-refractivity contribution in [3.8, 4) is 0 Å². The minimum atomic E-state index is -3.75. The third-order valence-corrected chi connectivity index (χ3v) is 7.91. The highest BCUT2D eigenvalue weighted by Gasteiger charge is 2.33. The maximum atomic E-state index is 13.3.